The van der Waals surface area contributed by atoms with Crippen molar-refractivity contribution in [3.63, 3.8) is 0 Å². The summed E-state index contributed by atoms with van der Waals surface area (Å²) in [5.41, 5.74) is 0. The van der Waals surface area contributed by atoms with Gasteiger partial charge in [0.1, 0.15) is 6.04 Å². The molecule has 0 unspecified atom stereocenters. The van der Waals surface area contributed by atoms with Gasteiger partial charge in [-0.2, -0.15) is 0 Å². The molecule has 5 nitrogen and oxygen atoms in total. The second-order valence-corrected chi connectivity index (χ2v) is 4.70. The highest BCUT2D eigenvalue weighted by atomic mass is 16.5. The third kappa shape index (κ3) is 2.53. The zero-order chi connectivity index (χ0) is 12.3. The number of piperidine rings is 1. The first-order valence-corrected chi connectivity index (χ1v) is 6.37. The van der Waals surface area contributed by atoms with Gasteiger partial charge in [0.25, 0.3) is 0 Å². The fraction of sp³-hybridized carbons (Fsp3) is 0.833. The van der Waals surface area contributed by atoms with Gasteiger partial charge in [-0.3, -0.25) is 0 Å². The number of rotatable bonds is 1. The Morgan fingerprint density at radius 3 is 2.35 bits per heavy atom. The van der Waals surface area contributed by atoms with Gasteiger partial charge in [0.05, 0.1) is 7.11 Å². The van der Waals surface area contributed by atoms with Crippen LogP contribution in [0.25, 0.3) is 0 Å². The van der Waals surface area contributed by atoms with Crippen LogP contribution in [0.1, 0.15) is 32.1 Å². The van der Waals surface area contributed by atoms with Crippen LogP contribution in [0.15, 0.2) is 0 Å². The summed E-state index contributed by atoms with van der Waals surface area (Å²) in [5.74, 6) is -0.280. The van der Waals surface area contributed by atoms with E-state index in [4.69, 9.17) is 4.74 Å². The third-order valence-corrected chi connectivity index (χ3v) is 3.60. The molecular formula is C12H20N2O3. The van der Waals surface area contributed by atoms with Crippen LogP contribution in [0.4, 0.5) is 4.79 Å². The van der Waals surface area contributed by atoms with Crippen LogP contribution in [-0.4, -0.2) is 54.6 Å². The van der Waals surface area contributed by atoms with Gasteiger partial charge in [-0.15, -0.1) is 0 Å². The monoisotopic (exact) mass is 240 g/mol. The van der Waals surface area contributed by atoms with Gasteiger partial charge < -0.3 is 14.5 Å². The number of likely N-dealkylation sites (tertiary alicyclic amines) is 2. The summed E-state index contributed by atoms with van der Waals surface area (Å²) in [7, 11) is 1.38. The smallest absolute Gasteiger partial charge is 0.328 e. The van der Waals surface area contributed by atoms with E-state index in [2.05, 4.69) is 0 Å². The van der Waals surface area contributed by atoms with Crippen molar-refractivity contribution >= 4 is 12.0 Å². The van der Waals surface area contributed by atoms with Gasteiger partial charge in [-0.25, -0.2) is 9.59 Å². The number of esters is 1. The van der Waals surface area contributed by atoms with Gasteiger partial charge in [-0.05, 0) is 32.1 Å². The number of carbonyl (C=O) groups is 2. The van der Waals surface area contributed by atoms with Gasteiger partial charge in [0.2, 0.25) is 0 Å². The predicted octanol–water partition coefficient (Wildman–Crippen LogP) is 1.23. The molecule has 2 heterocycles. The topological polar surface area (TPSA) is 49.9 Å². The molecule has 2 aliphatic heterocycles. The first-order chi connectivity index (χ1) is 8.24. The second kappa shape index (κ2) is 5.38. The van der Waals surface area contributed by atoms with E-state index in [1.165, 1.54) is 7.11 Å². The van der Waals surface area contributed by atoms with Crippen molar-refractivity contribution in [1.82, 2.24) is 9.80 Å². The number of amides is 2. The van der Waals surface area contributed by atoms with E-state index in [0.717, 1.165) is 45.2 Å². The van der Waals surface area contributed by atoms with Gasteiger partial charge in [0.15, 0.2) is 0 Å². The van der Waals surface area contributed by atoms with Crippen LogP contribution in [0, 0.1) is 0 Å². The molecule has 2 aliphatic rings. The Bertz CT molecular complexity index is 300. The molecule has 2 amide bonds. The van der Waals surface area contributed by atoms with E-state index in [9.17, 15) is 9.59 Å². The molecule has 2 saturated heterocycles. The number of hydrogen-bond acceptors (Lipinski definition) is 3. The molecule has 2 fully saturated rings. The summed E-state index contributed by atoms with van der Waals surface area (Å²) in [6.45, 7) is 2.32. The molecular weight excluding hydrogens is 220 g/mol. The van der Waals surface area contributed by atoms with Gasteiger partial charge >= 0.3 is 12.0 Å². The minimum absolute atomic E-state index is 0.0117. The fourth-order valence-electron chi connectivity index (χ4n) is 2.63. The van der Waals surface area contributed by atoms with Gasteiger partial charge in [0, 0.05) is 19.6 Å². The molecule has 96 valence electrons. The van der Waals surface area contributed by atoms with E-state index < -0.39 is 0 Å². The highest BCUT2D eigenvalue weighted by Gasteiger charge is 2.35. The maximum absolute atomic E-state index is 12.3. The number of carbonyl (C=O) groups excluding carboxylic acids is 2. The molecule has 0 spiro atoms. The molecule has 0 bridgehead atoms. The third-order valence-electron chi connectivity index (χ3n) is 3.60. The van der Waals surface area contributed by atoms with Crippen molar-refractivity contribution in [3.8, 4) is 0 Å². The molecule has 0 radical (unpaired) electrons. The summed E-state index contributed by atoms with van der Waals surface area (Å²) < 4.78 is 4.78. The average Bonchev–Trinajstić information content (AvgIpc) is 2.91. The average molecular weight is 240 g/mol. The zero-order valence-electron chi connectivity index (χ0n) is 10.4. The van der Waals surface area contributed by atoms with Crippen molar-refractivity contribution in [3.05, 3.63) is 0 Å². The molecule has 0 aromatic heterocycles. The fourth-order valence-corrected chi connectivity index (χ4v) is 2.63. The molecule has 0 aromatic rings. The maximum atomic E-state index is 12.3. The van der Waals surface area contributed by atoms with Crippen LogP contribution < -0.4 is 0 Å². The molecule has 0 saturated carbocycles. The van der Waals surface area contributed by atoms with Crippen LogP contribution in [0.3, 0.4) is 0 Å². The minimum Gasteiger partial charge on any atom is -0.467 e. The second-order valence-electron chi connectivity index (χ2n) is 4.70. The lowest BCUT2D eigenvalue weighted by Gasteiger charge is -2.36. The van der Waals surface area contributed by atoms with Crippen molar-refractivity contribution in [1.29, 1.82) is 0 Å². The number of hydrogen-bond donors (Lipinski definition) is 0. The maximum Gasteiger partial charge on any atom is 0.328 e. The summed E-state index contributed by atoms with van der Waals surface area (Å²) in [6, 6.07) is -0.362. The molecule has 0 aromatic carbocycles. The van der Waals surface area contributed by atoms with E-state index in [0.29, 0.717) is 6.54 Å². The number of urea groups is 1. The van der Waals surface area contributed by atoms with Crippen LogP contribution in [0.2, 0.25) is 0 Å². The summed E-state index contributed by atoms with van der Waals surface area (Å²) in [6.07, 6.45) is 4.84. The Kier molecular flexibility index (Phi) is 3.86. The lowest BCUT2D eigenvalue weighted by atomic mass is 10.0. The predicted molar refractivity (Wildman–Crippen MR) is 62.6 cm³/mol. The van der Waals surface area contributed by atoms with Crippen molar-refractivity contribution in [2.45, 2.75) is 38.1 Å². The largest absolute Gasteiger partial charge is 0.467 e. The molecule has 0 N–H and O–H groups in total. The molecule has 17 heavy (non-hydrogen) atoms. The summed E-state index contributed by atoms with van der Waals surface area (Å²) >= 11 is 0. The van der Waals surface area contributed by atoms with Crippen molar-refractivity contribution in [2.24, 2.45) is 0 Å². The zero-order valence-corrected chi connectivity index (χ0v) is 10.4. The van der Waals surface area contributed by atoms with Gasteiger partial charge in [-0.1, -0.05) is 0 Å². The van der Waals surface area contributed by atoms with Crippen molar-refractivity contribution in [2.75, 3.05) is 26.7 Å². The SMILES string of the molecule is COC(=O)[C@H]1CCCCN1C(=O)N1CCCC1. The van der Waals surface area contributed by atoms with E-state index in [1.807, 2.05) is 4.90 Å². The Morgan fingerprint density at radius 2 is 1.71 bits per heavy atom. The van der Waals surface area contributed by atoms with Crippen molar-refractivity contribution < 1.29 is 14.3 Å². The summed E-state index contributed by atoms with van der Waals surface area (Å²) in [5, 5.41) is 0. The Morgan fingerprint density at radius 1 is 1.06 bits per heavy atom. The molecule has 5 heteroatoms. The standard InChI is InChI=1S/C12H20N2O3/c1-17-11(15)10-6-2-3-9-14(10)12(16)13-7-4-5-8-13/h10H,2-9H2,1H3/t10-/m1/s1. The number of ether oxygens (including phenoxy) is 1. The Hall–Kier alpha value is -1.26. The molecule has 0 aliphatic carbocycles. The quantitative estimate of drug-likeness (QED) is 0.648. The Labute approximate surface area is 102 Å². The Balaban J connectivity index is 2.04. The van der Waals surface area contributed by atoms with Crippen LogP contribution in [0.5, 0.6) is 0 Å². The molecule has 2 rings (SSSR count). The highest BCUT2D eigenvalue weighted by Crippen LogP contribution is 2.21. The van der Waals surface area contributed by atoms with Crippen LogP contribution in [-0.2, 0) is 9.53 Å². The summed E-state index contributed by atoms with van der Waals surface area (Å²) in [4.78, 5) is 27.5. The number of methoxy groups -OCH3 is 1. The molecule has 1 atom stereocenters. The van der Waals surface area contributed by atoms with E-state index in [-0.39, 0.29) is 18.0 Å². The number of nitrogens with zero attached hydrogens (tertiary/aromatic N) is 2. The first kappa shape index (κ1) is 12.2. The van der Waals surface area contributed by atoms with E-state index >= 15 is 0 Å². The van der Waals surface area contributed by atoms with E-state index in [1.54, 1.807) is 4.90 Å². The lowest BCUT2D eigenvalue weighted by Crippen LogP contribution is -2.52. The minimum atomic E-state index is -0.373. The lowest BCUT2D eigenvalue weighted by molar-refractivity contribution is -0.147. The van der Waals surface area contributed by atoms with Crippen LogP contribution >= 0.6 is 0 Å². The normalized spacial score (nSPS) is 24.9. The highest BCUT2D eigenvalue weighted by molar-refractivity contribution is 5.84. The first-order valence-electron chi connectivity index (χ1n) is 6.37.